The zero-order chi connectivity index (χ0) is 18.8. The molecule has 7 heteroatoms. The molecule has 25 heavy (non-hydrogen) atoms. The number of benzene rings is 2. The molecule has 2 N–H and O–H groups in total. The number of aromatic carboxylic acids is 2. The summed E-state index contributed by atoms with van der Waals surface area (Å²) in [6, 6.07) is 7.79. The molecule has 2 aromatic rings. The zero-order valence-electron chi connectivity index (χ0n) is 13.8. The first-order valence-electron chi connectivity index (χ1n) is 7.69. The predicted molar refractivity (Wildman–Crippen MR) is 91.0 cm³/mol. The van der Waals surface area contributed by atoms with Gasteiger partial charge in [0.25, 0.3) is 0 Å². The summed E-state index contributed by atoms with van der Waals surface area (Å²) in [4.78, 5) is 22.4. The highest BCUT2D eigenvalue weighted by Crippen LogP contribution is 2.26. The van der Waals surface area contributed by atoms with E-state index in [1.54, 1.807) is 13.8 Å². The van der Waals surface area contributed by atoms with E-state index in [2.05, 4.69) is 0 Å². The van der Waals surface area contributed by atoms with E-state index in [1.807, 2.05) is 0 Å². The van der Waals surface area contributed by atoms with Gasteiger partial charge >= 0.3 is 11.9 Å². The number of carboxylic acid groups (broad SMARTS) is 2. The van der Waals surface area contributed by atoms with Crippen molar-refractivity contribution in [3.63, 3.8) is 0 Å². The third-order valence-electron chi connectivity index (χ3n) is 4.00. The second kappa shape index (κ2) is 7.06. The summed E-state index contributed by atoms with van der Waals surface area (Å²) in [6.45, 7) is 3.49. The maximum Gasteiger partial charge on any atom is 0.335 e. The van der Waals surface area contributed by atoms with Gasteiger partial charge in [-0.25, -0.2) is 18.0 Å². The zero-order valence-corrected chi connectivity index (χ0v) is 14.6. The minimum Gasteiger partial charge on any atom is -0.478 e. The van der Waals surface area contributed by atoms with Gasteiger partial charge < -0.3 is 10.2 Å². The second-order valence-corrected chi connectivity index (χ2v) is 7.41. The average molecular weight is 362 g/mol. The van der Waals surface area contributed by atoms with Gasteiger partial charge in [0.2, 0.25) is 9.84 Å². The molecule has 0 aromatic heterocycles. The van der Waals surface area contributed by atoms with Gasteiger partial charge in [-0.2, -0.15) is 0 Å². The lowest BCUT2D eigenvalue weighted by Crippen LogP contribution is -2.09. The Labute approximate surface area is 145 Å². The van der Waals surface area contributed by atoms with Gasteiger partial charge in [0.05, 0.1) is 20.9 Å². The van der Waals surface area contributed by atoms with E-state index in [1.165, 1.54) is 36.4 Å². The smallest absolute Gasteiger partial charge is 0.335 e. The summed E-state index contributed by atoms with van der Waals surface area (Å²) in [7, 11) is -3.87. The molecular weight excluding hydrogens is 344 g/mol. The van der Waals surface area contributed by atoms with E-state index in [0.29, 0.717) is 24.0 Å². The van der Waals surface area contributed by atoms with Gasteiger partial charge in [0.1, 0.15) is 0 Å². The summed E-state index contributed by atoms with van der Waals surface area (Å²) < 4.78 is 25.7. The Bertz CT molecular complexity index is 873. The Hall–Kier alpha value is -2.67. The molecule has 0 heterocycles. The normalized spacial score (nSPS) is 11.3. The van der Waals surface area contributed by atoms with Gasteiger partial charge in [-0.3, -0.25) is 0 Å². The Balaban J connectivity index is 2.59. The van der Waals surface area contributed by atoms with Gasteiger partial charge in [-0.05, 0) is 60.4 Å². The molecule has 0 aliphatic carbocycles. The van der Waals surface area contributed by atoms with Crippen LogP contribution < -0.4 is 0 Å². The van der Waals surface area contributed by atoms with Crippen LogP contribution in [0.5, 0.6) is 0 Å². The second-order valence-electron chi connectivity index (χ2n) is 5.46. The van der Waals surface area contributed by atoms with Crippen LogP contribution in [0, 0.1) is 0 Å². The molecule has 2 aromatic carbocycles. The highest BCUT2D eigenvalue weighted by Gasteiger charge is 2.22. The van der Waals surface area contributed by atoms with Crippen LogP contribution in [0.4, 0.5) is 0 Å². The fourth-order valence-corrected chi connectivity index (χ4v) is 3.97. The predicted octanol–water partition coefficient (Wildman–Crippen LogP) is 3.04. The minimum atomic E-state index is -3.87. The number of rotatable bonds is 6. The fourth-order valence-electron chi connectivity index (χ4n) is 2.61. The van der Waals surface area contributed by atoms with E-state index in [4.69, 9.17) is 10.2 Å². The third kappa shape index (κ3) is 3.56. The van der Waals surface area contributed by atoms with E-state index < -0.39 is 21.8 Å². The Morgan fingerprint density at radius 1 is 0.800 bits per heavy atom. The largest absolute Gasteiger partial charge is 0.478 e. The highest BCUT2D eigenvalue weighted by atomic mass is 32.2. The van der Waals surface area contributed by atoms with Crippen molar-refractivity contribution in [3.8, 4) is 0 Å². The number of hydrogen-bond donors (Lipinski definition) is 2. The molecule has 0 saturated heterocycles. The lowest BCUT2D eigenvalue weighted by Gasteiger charge is -2.11. The van der Waals surface area contributed by atoms with Crippen LogP contribution in [0.25, 0.3) is 0 Å². The van der Waals surface area contributed by atoms with E-state index in [9.17, 15) is 18.0 Å². The average Bonchev–Trinajstić information content (AvgIpc) is 2.60. The number of hydrogen-bond acceptors (Lipinski definition) is 4. The lowest BCUT2D eigenvalue weighted by atomic mass is 10.1. The number of carboxylic acids is 2. The Morgan fingerprint density at radius 2 is 1.16 bits per heavy atom. The standard InChI is InChI=1S/C18H18O6S/c1-3-11-9-13(5-7-15(11)17(19)20)25(23,24)14-6-8-16(18(21)22)12(4-2)10-14/h5-10H,3-4H2,1-2H3,(H,19,20)(H,21,22). The summed E-state index contributed by atoms with van der Waals surface area (Å²) >= 11 is 0. The molecule has 0 fully saturated rings. The van der Waals surface area contributed by atoms with Gasteiger partial charge in [-0.1, -0.05) is 13.8 Å². The molecule has 0 unspecified atom stereocenters. The summed E-state index contributed by atoms with van der Waals surface area (Å²) in [6.07, 6.45) is 0.756. The van der Waals surface area contributed by atoms with E-state index in [0.717, 1.165) is 0 Å². The molecule has 0 radical (unpaired) electrons. The summed E-state index contributed by atoms with van der Waals surface area (Å²) in [5.74, 6) is -2.22. The van der Waals surface area contributed by atoms with E-state index >= 15 is 0 Å². The maximum atomic E-state index is 12.8. The maximum absolute atomic E-state index is 12.8. The van der Waals surface area contributed by atoms with Gasteiger partial charge in [0, 0.05) is 0 Å². The molecule has 2 rings (SSSR count). The molecule has 0 aliphatic rings. The van der Waals surface area contributed by atoms with Crippen LogP contribution in [-0.2, 0) is 22.7 Å². The Morgan fingerprint density at radius 3 is 1.44 bits per heavy atom. The number of sulfone groups is 1. The first kappa shape index (κ1) is 18.7. The van der Waals surface area contributed by atoms with Crippen molar-refractivity contribution in [2.45, 2.75) is 36.5 Å². The fraction of sp³-hybridized carbons (Fsp3) is 0.222. The van der Waals surface area contributed by atoms with Crippen LogP contribution in [0.1, 0.15) is 45.7 Å². The lowest BCUT2D eigenvalue weighted by molar-refractivity contribution is 0.0684. The van der Waals surface area contributed by atoms with Crippen molar-refractivity contribution in [2.75, 3.05) is 0 Å². The first-order chi connectivity index (χ1) is 11.7. The van der Waals surface area contributed by atoms with Crippen LogP contribution >= 0.6 is 0 Å². The monoisotopic (exact) mass is 362 g/mol. The topological polar surface area (TPSA) is 109 Å². The van der Waals surface area contributed by atoms with E-state index in [-0.39, 0.29) is 20.9 Å². The molecule has 6 nitrogen and oxygen atoms in total. The van der Waals surface area contributed by atoms with Crippen LogP contribution in [0.3, 0.4) is 0 Å². The molecule has 0 saturated carbocycles. The Kier molecular flexibility index (Phi) is 5.27. The number of carbonyl (C=O) groups is 2. The van der Waals surface area contributed by atoms with Crippen molar-refractivity contribution in [1.29, 1.82) is 0 Å². The van der Waals surface area contributed by atoms with Gasteiger partial charge in [-0.15, -0.1) is 0 Å². The van der Waals surface area contributed by atoms with Crippen molar-refractivity contribution < 1.29 is 28.2 Å². The summed E-state index contributed by atoms with van der Waals surface area (Å²) in [5.41, 5.74) is 0.978. The SMILES string of the molecule is CCc1cc(S(=O)(=O)c2ccc(C(=O)O)c(CC)c2)ccc1C(=O)O. The quantitative estimate of drug-likeness (QED) is 0.817. The third-order valence-corrected chi connectivity index (χ3v) is 5.75. The molecular formula is C18H18O6S. The van der Waals surface area contributed by atoms with Gasteiger partial charge in [0.15, 0.2) is 0 Å². The molecule has 0 atom stereocenters. The molecule has 0 bridgehead atoms. The van der Waals surface area contributed by atoms with Crippen LogP contribution in [0.2, 0.25) is 0 Å². The molecule has 132 valence electrons. The molecule has 0 spiro atoms. The molecule has 0 amide bonds. The van der Waals surface area contributed by atoms with Crippen molar-refractivity contribution in [1.82, 2.24) is 0 Å². The number of aryl methyl sites for hydroxylation is 2. The van der Waals surface area contributed by atoms with Crippen LogP contribution in [0.15, 0.2) is 46.2 Å². The van der Waals surface area contributed by atoms with Crippen LogP contribution in [-0.4, -0.2) is 30.6 Å². The van der Waals surface area contributed by atoms with Crippen molar-refractivity contribution in [3.05, 3.63) is 58.7 Å². The first-order valence-corrected chi connectivity index (χ1v) is 9.18. The van der Waals surface area contributed by atoms with Crippen molar-refractivity contribution >= 4 is 21.8 Å². The molecule has 0 aliphatic heterocycles. The van der Waals surface area contributed by atoms with Crippen molar-refractivity contribution in [2.24, 2.45) is 0 Å². The minimum absolute atomic E-state index is 0.0144. The highest BCUT2D eigenvalue weighted by molar-refractivity contribution is 7.91. The summed E-state index contributed by atoms with van der Waals surface area (Å²) in [5, 5.41) is 18.3.